The summed E-state index contributed by atoms with van der Waals surface area (Å²) in [4.78, 5) is 9.62. The Morgan fingerprint density at radius 2 is 0.817 bits per heavy atom. The van der Waals surface area contributed by atoms with Crippen molar-refractivity contribution in [2.45, 2.75) is 19.6 Å². The molecule has 10 N–H and O–H groups in total. The molecule has 0 saturated carbocycles. The Hall–Kier alpha value is -6.85. The number of carbonyl (C=O) groups excluding carboxylic acids is 1. The van der Waals surface area contributed by atoms with Crippen LogP contribution in [0.15, 0.2) is 125 Å². The van der Waals surface area contributed by atoms with E-state index >= 15 is 0 Å². The monoisotopic (exact) mass is 904 g/mol. The van der Waals surface area contributed by atoms with E-state index in [1.165, 1.54) is 36.4 Å². The van der Waals surface area contributed by atoms with Crippen molar-refractivity contribution in [3.8, 4) is 23.0 Å². The summed E-state index contributed by atoms with van der Waals surface area (Å²) in [5.41, 5.74) is -2.85. The summed E-state index contributed by atoms with van der Waals surface area (Å²) < 4.78 is 134. The summed E-state index contributed by atoms with van der Waals surface area (Å²) in [7, 11) is -19.8. The third-order valence-electron chi connectivity index (χ3n) is 8.18. The summed E-state index contributed by atoms with van der Waals surface area (Å²) >= 11 is 0. The molecule has 60 heavy (non-hydrogen) atoms. The lowest BCUT2D eigenvalue weighted by Crippen LogP contribution is -2.19. The lowest BCUT2D eigenvalue weighted by Gasteiger charge is -2.13. The average molecular weight is 905 g/mol. The van der Waals surface area contributed by atoms with E-state index in [0.717, 1.165) is 36.4 Å². The number of urea groups is 1. The fourth-order valence-electron chi connectivity index (χ4n) is 5.43. The number of anilines is 2. The predicted octanol–water partition coefficient (Wildman–Crippen LogP) is 6.28. The van der Waals surface area contributed by atoms with Gasteiger partial charge in [0, 0.05) is 22.1 Å². The van der Waals surface area contributed by atoms with Gasteiger partial charge in [0.05, 0.1) is 9.79 Å². The van der Waals surface area contributed by atoms with Crippen LogP contribution in [0.2, 0.25) is 0 Å². The average Bonchev–Trinajstić information content (AvgIpc) is 3.13. The lowest BCUT2D eigenvalue weighted by molar-refractivity contribution is 0.262. The van der Waals surface area contributed by atoms with Crippen LogP contribution in [0.3, 0.4) is 0 Å². The Bertz CT molecular complexity index is 3120. The second-order valence-electron chi connectivity index (χ2n) is 12.2. The molecule has 0 aromatic heterocycles. The SMILES string of the molecule is O=C(Nc1ccc2c(O)c(N=Nc3cc(S(=O)(=O)O)ccc3O)c(S(=O)(=O)O)cc2c1)Nc1ccc2c(O)c(N=Nc3cc(S(=O)(=O)O)ccc3O)c(S(=O)(=O)O)cc2c1. The van der Waals surface area contributed by atoms with E-state index in [9.17, 15) is 77.1 Å². The molecule has 0 aliphatic carbocycles. The molecule has 0 aliphatic rings. The fraction of sp³-hybridized carbons (Fsp3) is 0. The van der Waals surface area contributed by atoms with Crippen molar-refractivity contribution >= 4 is 102 Å². The maximum absolute atomic E-state index is 13.0. The molecule has 0 atom stereocenters. The molecule has 0 unspecified atom stereocenters. The Labute approximate surface area is 336 Å². The van der Waals surface area contributed by atoms with Gasteiger partial charge in [-0.05, 0) is 95.7 Å². The van der Waals surface area contributed by atoms with Gasteiger partial charge < -0.3 is 31.1 Å². The molecule has 0 bridgehead atoms. The molecular weight excluding hydrogens is 881 g/mol. The van der Waals surface area contributed by atoms with E-state index in [0.29, 0.717) is 12.1 Å². The number of amides is 2. The highest BCUT2D eigenvalue weighted by atomic mass is 32.2. The Kier molecular flexibility index (Phi) is 11.0. The smallest absolute Gasteiger partial charge is 0.323 e. The normalized spacial score (nSPS) is 12.7. The molecular formula is C33H24N6O17S4. The van der Waals surface area contributed by atoms with Gasteiger partial charge in [-0.3, -0.25) is 18.2 Å². The standard InChI is InChI=1S/C33H24N6O17S4/c40-25-7-3-19(57(45,46)47)13-23(25)36-38-29-27(59(51,52)53)11-15-9-17(1-5-21(15)31(29)42)34-33(44)35-18-2-6-22-16(10-18)12-28(60(54,55)56)30(32(22)43)39-37-24-14-20(58(48,49)50)4-8-26(24)41/h1-14,40-43H,(H2,34,35,44)(H,45,46,47)(H,48,49,50)(H,51,52,53)(H,54,55,56). The molecule has 6 aromatic rings. The van der Waals surface area contributed by atoms with Crippen LogP contribution in [0.25, 0.3) is 21.5 Å². The molecule has 6 aromatic carbocycles. The molecule has 6 rings (SSSR count). The van der Waals surface area contributed by atoms with Crippen molar-refractivity contribution in [1.29, 1.82) is 0 Å². The third kappa shape index (κ3) is 9.06. The molecule has 0 radical (unpaired) electrons. The number of nitrogens with one attached hydrogen (secondary N) is 2. The van der Waals surface area contributed by atoms with Gasteiger partial charge in [-0.1, -0.05) is 0 Å². The fourth-order valence-corrected chi connectivity index (χ4v) is 7.75. The summed E-state index contributed by atoms with van der Waals surface area (Å²) in [5.74, 6) is -3.02. The van der Waals surface area contributed by atoms with Crippen molar-refractivity contribution in [2.75, 3.05) is 10.6 Å². The number of benzene rings is 6. The maximum Gasteiger partial charge on any atom is 0.323 e. The molecule has 0 fully saturated rings. The Morgan fingerprint density at radius 1 is 0.450 bits per heavy atom. The molecule has 0 heterocycles. The topological polar surface area (TPSA) is 389 Å². The van der Waals surface area contributed by atoms with Gasteiger partial charge in [-0.25, -0.2) is 4.79 Å². The second kappa shape index (κ2) is 15.4. The largest absolute Gasteiger partial charge is 0.506 e. The number of fused-ring (bicyclic) bond motifs is 2. The minimum atomic E-state index is -5.16. The molecule has 0 aliphatic heterocycles. The van der Waals surface area contributed by atoms with Crippen LogP contribution >= 0.6 is 0 Å². The first kappa shape index (κ1) is 42.7. The van der Waals surface area contributed by atoms with E-state index in [-0.39, 0.29) is 32.9 Å². The summed E-state index contributed by atoms with van der Waals surface area (Å²) in [5, 5.41) is 60.9. The minimum Gasteiger partial charge on any atom is -0.506 e. The summed E-state index contributed by atoms with van der Waals surface area (Å²) in [6, 6.07) is 12.8. The van der Waals surface area contributed by atoms with E-state index in [1.54, 1.807) is 0 Å². The quantitative estimate of drug-likeness (QED) is 0.0534. The predicted molar refractivity (Wildman–Crippen MR) is 208 cm³/mol. The summed E-state index contributed by atoms with van der Waals surface area (Å²) in [6.45, 7) is 0. The van der Waals surface area contributed by atoms with Crippen LogP contribution in [0.1, 0.15) is 0 Å². The van der Waals surface area contributed by atoms with Crippen LogP contribution in [0, 0.1) is 0 Å². The lowest BCUT2D eigenvalue weighted by atomic mass is 10.1. The zero-order valence-corrected chi connectivity index (χ0v) is 32.5. The van der Waals surface area contributed by atoms with Crippen molar-refractivity contribution in [2.24, 2.45) is 20.5 Å². The molecule has 0 spiro atoms. The van der Waals surface area contributed by atoms with E-state index < -0.39 is 112 Å². The number of nitrogens with zero attached hydrogens (tertiary/aromatic N) is 4. The van der Waals surface area contributed by atoms with E-state index in [2.05, 4.69) is 31.1 Å². The van der Waals surface area contributed by atoms with Crippen molar-refractivity contribution in [1.82, 2.24) is 0 Å². The highest BCUT2D eigenvalue weighted by molar-refractivity contribution is 7.86. The van der Waals surface area contributed by atoms with Crippen molar-refractivity contribution in [3.63, 3.8) is 0 Å². The highest BCUT2D eigenvalue weighted by Gasteiger charge is 2.25. The molecule has 27 heteroatoms. The zero-order valence-electron chi connectivity index (χ0n) is 29.3. The van der Waals surface area contributed by atoms with Crippen LogP contribution < -0.4 is 10.6 Å². The Balaban J connectivity index is 1.29. The van der Waals surface area contributed by atoms with Crippen molar-refractivity contribution < 1.29 is 77.1 Å². The highest BCUT2D eigenvalue weighted by Crippen LogP contribution is 2.44. The number of aromatic hydroxyl groups is 4. The number of rotatable bonds is 10. The van der Waals surface area contributed by atoms with Crippen molar-refractivity contribution in [3.05, 3.63) is 84.9 Å². The maximum atomic E-state index is 13.0. The summed E-state index contributed by atoms with van der Waals surface area (Å²) in [6.07, 6.45) is 0. The van der Waals surface area contributed by atoms with Gasteiger partial charge in [-0.15, -0.1) is 20.5 Å². The number of azo groups is 2. The second-order valence-corrected chi connectivity index (χ2v) is 17.8. The number of carbonyl (C=O) groups is 1. The number of phenolic OH excluding ortho intramolecular Hbond substituents is 4. The number of phenols is 4. The van der Waals surface area contributed by atoms with Crippen LogP contribution in [0.5, 0.6) is 23.0 Å². The first-order chi connectivity index (χ1) is 27.8. The third-order valence-corrected chi connectivity index (χ3v) is 11.6. The van der Waals surface area contributed by atoms with Crippen LogP contribution in [-0.4, -0.2) is 78.3 Å². The van der Waals surface area contributed by atoms with Crippen LogP contribution in [-0.2, 0) is 40.5 Å². The van der Waals surface area contributed by atoms with Gasteiger partial charge in [0.1, 0.15) is 44.0 Å². The Morgan fingerprint density at radius 3 is 1.15 bits per heavy atom. The van der Waals surface area contributed by atoms with Gasteiger partial charge in [-0.2, -0.15) is 33.7 Å². The zero-order chi connectivity index (χ0) is 44.1. The molecule has 23 nitrogen and oxygen atoms in total. The first-order valence-corrected chi connectivity index (χ1v) is 21.6. The van der Waals surface area contributed by atoms with E-state index in [4.69, 9.17) is 0 Å². The van der Waals surface area contributed by atoms with Gasteiger partial charge >= 0.3 is 6.03 Å². The van der Waals surface area contributed by atoms with Gasteiger partial charge in [0.15, 0.2) is 11.5 Å². The number of hydrogen-bond donors (Lipinski definition) is 10. The van der Waals surface area contributed by atoms with Gasteiger partial charge in [0.25, 0.3) is 40.5 Å². The van der Waals surface area contributed by atoms with E-state index in [1.807, 2.05) is 0 Å². The van der Waals surface area contributed by atoms with Gasteiger partial charge in [0.2, 0.25) is 0 Å². The van der Waals surface area contributed by atoms with Crippen LogP contribution in [0.4, 0.5) is 38.9 Å². The minimum absolute atomic E-state index is 0.0164. The number of hydrogen-bond acceptors (Lipinski definition) is 17. The molecule has 312 valence electrons. The molecule has 2 amide bonds. The first-order valence-electron chi connectivity index (χ1n) is 15.9. The molecule has 0 saturated heterocycles.